The van der Waals surface area contributed by atoms with Gasteiger partial charge in [-0.3, -0.25) is 4.79 Å². The first kappa shape index (κ1) is 27.2. The maximum Gasteiger partial charge on any atom is 0.338 e. The Hall–Kier alpha value is -4.35. The van der Waals surface area contributed by atoms with Crippen molar-refractivity contribution >= 4 is 46.2 Å². The molecule has 0 bridgehead atoms. The van der Waals surface area contributed by atoms with E-state index in [0.29, 0.717) is 37.4 Å². The average molecular weight is 607 g/mol. The molecule has 0 spiro atoms. The van der Waals surface area contributed by atoms with Gasteiger partial charge >= 0.3 is 5.97 Å². The molecule has 0 saturated carbocycles. The highest BCUT2D eigenvalue weighted by Crippen LogP contribution is 2.35. The van der Waals surface area contributed by atoms with Crippen LogP contribution < -0.4 is 14.8 Å². The minimum atomic E-state index is -0.603. The van der Waals surface area contributed by atoms with E-state index in [4.69, 9.17) is 14.2 Å². The molecule has 186 valence electrons. The molecule has 0 aliphatic rings. The molecule has 0 unspecified atom stereocenters. The fourth-order valence-corrected chi connectivity index (χ4v) is 4.07. The van der Waals surface area contributed by atoms with Crippen molar-refractivity contribution in [2.24, 2.45) is 0 Å². The van der Waals surface area contributed by atoms with E-state index in [1.165, 1.54) is 25.3 Å². The van der Waals surface area contributed by atoms with E-state index in [9.17, 15) is 20.1 Å². The molecule has 9 heteroatoms. The summed E-state index contributed by atoms with van der Waals surface area (Å²) in [5, 5.41) is 21.5. The van der Waals surface area contributed by atoms with Crippen molar-refractivity contribution in [2.75, 3.05) is 19.0 Å². The van der Waals surface area contributed by atoms with Crippen LogP contribution in [0, 0.1) is 26.2 Å². The molecule has 0 aliphatic carbocycles. The predicted octanol–water partition coefficient (Wildman–Crippen LogP) is 5.47. The molecule has 3 aromatic rings. The van der Waals surface area contributed by atoms with Gasteiger partial charge in [0.1, 0.15) is 18.2 Å². The number of anilines is 1. The summed E-state index contributed by atoms with van der Waals surface area (Å²) >= 11 is 2.08. The SMILES string of the molecule is CCOC(=O)c1ccc(NC(=O)/C(C#N)=C/c2cc(I)c(OCc3ccccc3C#N)c(OC)c2)cc1. The number of rotatable bonds is 9. The number of methoxy groups -OCH3 is 1. The van der Waals surface area contributed by atoms with Gasteiger partial charge in [-0.2, -0.15) is 10.5 Å². The Kier molecular flexibility index (Phi) is 9.64. The Balaban J connectivity index is 1.78. The second-order valence-corrected chi connectivity index (χ2v) is 8.68. The largest absolute Gasteiger partial charge is 0.493 e. The lowest BCUT2D eigenvalue weighted by molar-refractivity contribution is -0.112. The maximum atomic E-state index is 12.7. The van der Waals surface area contributed by atoms with Crippen molar-refractivity contribution in [3.63, 3.8) is 0 Å². The van der Waals surface area contributed by atoms with Gasteiger partial charge in [0, 0.05) is 11.3 Å². The first-order valence-corrected chi connectivity index (χ1v) is 12.2. The van der Waals surface area contributed by atoms with Crippen LogP contribution in [0.4, 0.5) is 5.69 Å². The molecule has 3 rings (SSSR count). The maximum absolute atomic E-state index is 12.7. The van der Waals surface area contributed by atoms with Crippen LogP contribution >= 0.6 is 22.6 Å². The van der Waals surface area contributed by atoms with Gasteiger partial charge in [-0.15, -0.1) is 0 Å². The number of nitrogens with zero attached hydrogens (tertiary/aromatic N) is 2. The highest BCUT2D eigenvalue weighted by atomic mass is 127. The van der Waals surface area contributed by atoms with Gasteiger partial charge in [0.25, 0.3) is 5.91 Å². The Morgan fingerprint density at radius 1 is 1.08 bits per heavy atom. The van der Waals surface area contributed by atoms with E-state index in [1.54, 1.807) is 43.3 Å². The molecule has 0 fully saturated rings. The third-order valence-electron chi connectivity index (χ3n) is 5.09. The Morgan fingerprint density at radius 3 is 2.46 bits per heavy atom. The molecule has 0 aromatic heterocycles. The van der Waals surface area contributed by atoms with Crippen molar-refractivity contribution in [3.05, 3.63) is 92.1 Å². The standard InChI is InChI=1S/C28H22IN3O5/c1-3-36-28(34)19-8-10-23(11-9-19)32-27(33)22(16-31)12-18-13-24(29)26(25(14-18)35-2)37-17-21-7-5-4-6-20(21)15-30/h4-14H,3,17H2,1-2H3,(H,32,33)/b22-12+. The lowest BCUT2D eigenvalue weighted by Crippen LogP contribution is -2.13. The molecule has 0 aliphatic heterocycles. The number of esters is 1. The normalized spacial score (nSPS) is 10.6. The fourth-order valence-electron chi connectivity index (χ4n) is 3.29. The zero-order valence-electron chi connectivity index (χ0n) is 20.1. The number of ether oxygens (including phenoxy) is 3. The van der Waals surface area contributed by atoms with Crippen LogP contribution in [0.25, 0.3) is 6.08 Å². The molecule has 0 radical (unpaired) electrons. The van der Waals surface area contributed by atoms with E-state index < -0.39 is 11.9 Å². The highest BCUT2D eigenvalue weighted by Gasteiger charge is 2.15. The third kappa shape index (κ3) is 7.09. The molecule has 1 amide bonds. The van der Waals surface area contributed by atoms with E-state index in [0.717, 1.165) is 5.56 Å². The number of hydrogen-bond donors (Lipinski definition) is 1. The second-order valence-electron chi connectivity index (χ2n) is 7.51. The summed E-state index contributed by atoms with van der Waals surface area (Å²) < 4.78 is 17.1. The van der Waals surface area contributed by atoms with Crippen molar-refractivity contribution in [1.29, 1.82) is 10.5 Å². The number of carbonyl (C=O) groups is 2. The lowest BCUT2D eigenvalue weighted by atomic mass is 10.1. The highest BCUT2D eigenvalue weighted by molar-refractivity contribution is 14.1. The Morgan fingerprint density at radius 2 is 1.81 bits per heavy atom. The zero-order valence-corrected chi connectivity index (χ0v) is 22.2. The number of nitrogens with one attached hydrogen (secondary N) is 1. The van der Waals surface area contributed by atoms with Gasteiger partial charge in [-0.05, 0) is 83.6 Å². The topological polar surface area (TPSA) is 121 Å². The van der Waals surface area contributed by atoms with Crippen molar-refractivity contribution in [3.8, 4) is 23.6 Å². The molecule has 1 N–H and O–H groups in total. The second kappa shape index (κ2) is 13.1. The fraction of sp³-hybridized carbons (Fsp3) is 0.143. The predicted molar refractivity (Wildman–Crippen MR) is 146 cm³/mol. The Labute approximate surface area is 228 Å². The smallest absolute Gasteiger partial charge is 0.338 e. The van der Waals surface area contributed by atoms with E-state index >= 15 is 0 Å². The van der Waals surface area contributed by atoms with Gasteiger partial charge in [-0.25, -0.2) is 4.79 Å². The van der Waals surface area contributed by atoms with Crippen LogP contribution in [0.3, 0.4) is 0 Å². The molecular formula is C28H22IN3O5. The quantitative estimate of drug-likeness (QED) is 0.148. The van der Waals surface area contributed by atoms with Crippen LogP contribution in [0.1, 0.15) is 34.0 Å². The molecular weight excluding hydrogens is 585 g/mol. The number of nitriles is 2. The monoisotopic (exact) mass is 607 g/mol. The van der Waals surface area contributed by atoms with Gasteiger partial charge in [0.05, 0.1) is 34.5 Å². The summed E-state index contributed by atoms with van der Waals surface area (Å²) in [6, 6.07) is 20.8. The molecule has 8 nitrogen and oxygen atoms in total. The van der Waals surface area contributed by atoms with Crippen LogP contribution in [-0.4, -0.2) is 25.6 Å². The van der Waals surface area contributed by atoms with Crippen molar-refractivity contribution in [2.45, 2.75) is 13.5 Å². The number of amides is 1. The van der Waals surface area contributed by atoms with Gasteiger partial charge < -0.3 is 19.5 Å². The van der Waals surface area contributed by atoms with E-state index in [2.05, 4.69) is 34.0 Å². The summed E-state index contributed by atoms with van der Waals surface area (Å²) in [6.45, 7) is 2.15. The van der Waals surface area contributed by atoms with Gasteiger partial charge in [0.15, 0.2) is 11.5 Å². The average Bonchev–Trinajstić information content (AvgIpc) is 2.91. The number of hydrogen-bond acceptors (Lipinski definition) is 7. The molecule has 3 aromatic carbocycles. The molecule has 0 atom stereocenters. The zero-order chi connectivity index (χ0) is 26.8. The summed E-state index contributed by atoms with van der Waals surface area (Å²) in [7, 11) is 1.49. The first-order chi connectivity index (χ1) is 17.9. The molecule has 37 heavy (non-hydrogen) atoms. The van der Waals surface area contributed by atoms with Crippen LogP contribution in [0.15, 0.2) is 66.2 Å². The van der Waals surface area contributed by atoms with Crippen LogP contribution in [0.2, 0.25) is 0 Å². The molecule has 0 saturated heterocycles. The lowest BCUT2D eigenvalue weighted by Gasteiger charge is -2.14. The summed E-state index contributed by atoms with van der Waals surface area (Å²) in [4.78, 5) is 24.5. The minimum absolute atomic E-state index is 0.121. The number of benzene rings is 3. The summed E-state index contributed by atoms with van der Waals surface area (Å²) in [6.07, 6.45) is 1.45. The minimum Gasteiger partial charge on any atom is -0.493 e. The van der Waals surface area contributed by atoms with E-state index in [-0.39, 0.29) is 18.8 Å². The molecule has 0 heterocycles. The first-order valence-electron chi connectivity index (χ1n) is 11.1. The summed E-state index contributed by atoms with van der Waals surface area (Å²) in [5.74, 6) is -0.158. The van der Waals surface area contributed by atoms with Crippen molar-refractivity contribution < 1.29 is 23.8 Å². The van der Waals surface area contributed by atoms with Crippen molar-refractivity contribution in [1.82, 2.24) is 0 Å². The van der Waals surface area contributed by atoms with E-state index in [1.807, 2.05) is 18.2 Å². The van der Waals surface area contributed by atoms with Gasteiger partial charge in [0.2, 0.25) is 0 Å². The van der Waals surface area contributed by atoms with Gasteiger partial charge in [-0.1, -0.05) is 18.2 Å². The number of carbonyl (C=O) groups excluding carboxylic acids is 2. The van der Waals surface area contributed by atoms with Crippen LogP contribution in [-0.2, 0) is 16.1 Å². The third-order valence-corrected chi connectivity index (χ3v) is 5.89. The Bertz CT molecular complexity index is 1420. The van der Waals surface area contributed by atoms with Crippen LogP contribution in [0.5, 0.6) is 11.5 Å². The number of halogens is 1. The summed E-state index contributed by atoms with van der Waals surface area (Å²) in [5.41, 5.74) is 2.49.